The Bertz CT molecular complexity index is 668. The van der Waals surface area contributed by atoms with E-state index < -0.39 is 0 Å². The fraction of sp³-hybridized carbons (Fsp3) is 0.625. The smallest absolute Gasteiger partial charge is 0.226 e. The molecule has 8 heteroatoms. The number of nitrogens with two attached hydrogens (primary N) is 1. The minimum absolute atomic E-state index is 0.285. The molecule has 3 heterocycles. The lowest BCUT2D eigenvalue weighted by molar-refractivity contribution is 0.193. The fourth-order valence-corrected chi connectivity index (χ4v) is 2.81. The first-order valence-electron chi connectivity index (χ1n) is 8.48. The van der Waals surface area contributed by atoms with E-state index in [1.807, 2.05) is 6.07 Å². The number of anilines is 2. The minimum Gasteiger partial charge on any atom is -0.381 e. The van der Waals surface area contributed by atoms with Crippen LogP contribution in [0.2, 0.25) is 0 Å². The monoisotopic (exact) mass is 332 g/mol. The normalized spacial score (nSPS) is 17.3. The number of aromatic nitrogens is 4. The van der Waals surface area contributed by atoms with Gasteiger partial charge in [0.15, 0.2) is 5.82 Å². The van der Waals surface area contributed by atoms with Crippen molar-refractivity contribution in [3.63, 3.8) is 0 Å². The molecule has 0 aromatic carbocycles. The molecule has 130 valence electrons. The van der Waals surface area contributed by atoms with Crippen molar-refractivity contribution in [3.05, 3.63) is 23.5 Å². The molecule has 2 aromatic rings. The summed E-state index contributed by atoms with van der Waals surface area (Å²) in [6.45, 7) is 6.89. The molecule has 0 aliphatic carbocycles. The molecule has 0 saturated carbocycles. The van der Waals surface area contributed by atoms with Gasteiger partial charge in [0.2, 0.25) is 11.8 Å². The second-order valence-corrected chi connectivity index (χ2v) is 5.94. The van der Waals surface area contributed by atoms with E-state index >= 15 is 0 Å². The predicted octanol–water partition coefficient (Wildman–Crippen LogP) is 1.92. The number of hydrogen-bond acceptors (Lipinski definition) is 8. The average molecular weight is 332 g/mol. The van der Waals surface area contributed by atoms with Crippen LogP contribution < -0.4 is 10.6 Å². The van der Waals surface area contributed by atoms with Gasteiger partial charge in [-0.15, -0.1) is 0 Å². The lowest BCUT2D eigenvalue weighted by atomic mass is 10.0. The van der Waals surface area contributed by atoms with Gasteiger partial charge in [0.25, 0.3) is 0 Å². The van der Waals surface area contributed by atoms with E-state index in [4.69, 9.17) is 15.0 Å². The van der Waals surface area contributed by atoms with E-state index in [9.17, 15) is 0 Å². The highest BCUT2D eigenvalue weighted by atomic mass is 16.5. The van der Waals surface area contributed by atoms with Gasteiger partial charge in [-0.25, -0.2) is 4.98 Å². The number of hydrogen-bond donors (Lipinski definition) is 1. The molecule has 1 atom stereocenters. The molecule has 0 radical (unpaired) electrons. The van der Waals surface area contributed by atoms with Crippen LogP contribution in [0.1, 0.15) is 50.0 Å². The largest absolute Gasteiger partial charge is 0.381 e. The van der Waals surface area contributed by atoms with Crippen LogP contribution in [-0.4, -0.2) is 39.9 Å². The highest BCUT2D eigenvalue weighted by Crippen LogP contribution is 2.27. The molecule has 1 saturated heterocycles. The highest BCUT2D eigenvalue weighted by Gasteiger charge is 2.22. The van der Waals surface area contributed by atoms with Crippen LogP contribution in [-0.2, 0) is 17.7 Å². The van der Waals surface area contributed by atoms with E-state index in [-0.39, 0.29) is 11.9 Å². The summed E-state index contributed by atoms with van der Waals surface area (Å²) < 4.78 is 10.7. The second-order valence-electron chi connectivity index (χ2n) is 5.94. The average Bonchev–Trinajstić information content (AvgIpc) is 3.24. The Labute approximate surface area is 141 Å². The third-order valence-corrected chi connectivity index (χ3v) is 4.11. The molecule has 0 spiro atoms. The Morgan fingerprint density at radius 1 is 1.29 bits per heavy atom. The maximum absolute atomic E-state index is 5.92. The van der Waals surface area contributed by atoms with Crippen molar-refractivity contribution in [2.45, 2.75) is 45.6 Å². The molecule has 1 fully saturated rings. The molecule has 2 aromatic heterocycles. The van der Waals surface area contributed by atoms with Crippen molar-refractivity contribution in [2.24, 2.45) is 0 Å². The minimum atomic E-state index is 0.285. The summed E-state index contributed by atoms with van der Waals surface area (Å²) in [5, 5.41) is 4.05. The van der Waals surface area contributed by atoms with E-state index in [0.29, 0.717) is 24.9 Å². The van der Waals surface area contributed by atoms with Gasteiger partial charge in [-0.1, -0.05) is 12.1 Å². The van der Waals surface area contributed by atoms with Crippen molar-refractivity contribution in [2.75, 3.05) is 30.4 Å². The van der Waals surface area contributed by atoms with E-state index in [0.717, 1.165) is 43.9 Å². The maximum Gasteiger partial charge on any atom is 0.226 e. The van der Waals surface area contributed by atoms with Gasteiger partial charge < -0.3 is 19.9 Å². The number of nitrogen functional groups attached to an aromatic ring is 1. The lowest BCUT2D eigenvalue weighted by Gasteiger charge is -2.21. The molecule has 24 heavy (non-hydrogen) atoms. The van der Waals surface area contributed by atoms with Gasteiger partial charge >= 0.3 is 0 Å². The topological polar surface area (TPSA) is 103 Å². The lowest BCUT2D eigenvalue weighted by Crippen LogP contribution is -2.25. The third kappa shape index (κ3) is 3.81. The van der Waals surface area contributed by atoms with Gasteiger partial charge in [-0.3, -0.25) is 0 Å². The SMILES string of the molecule is CCCc1nc(CN(CC)c2cc(C3CCOC3)nc(N)n2)no1. The van der Waals surface area contributed by atoms with Gasteiger partial charge in [-0.2, -0.15) is 9.97 Å². The van der Waals surface area contributed by atoms with Gasteiger partial charge in [0, 0.05) is 31.6 Å². The summed E-state index contributed by atoms with van der Waals surface area (Å²) >= 11 is 0. The summed E-state index contributed by atoms with van der Waals surface area (Å²) in [6, 6.07) is 1.99. The molecule has 1 aliphatic heterocycles. The molecule has 1 aliphatic rings. The number of nitrogens with zero attached hydrogens (tertiary/aromatic N) is 5. The first-order chi connectivity index (χ1) is 11.7. The van der Waals surface area contributed by atoms with Gasteiger partial charge in [0.05, 0.1) is 18.8 Å². The Morgan fingerprint density at radius 3 is 2.88 bits per heavy atom. The van der Waals surface area contributed by atoms with E-state index in [2.05, 4.69) is 38.9 Å². The van der Waals surface area contributed by atoms with Crippen molar-refractivity contribution in [1.82, 2.24) is 20.1 Å². The van der Waals surface area contributed by atoms with Crippen LogP contribution >= 0.6 is 0 Å². The zero-order valence-electron chi connectivity index (χ0n) is 14.2. The van der Waals surface area contributed by atoms with E-state index in [1.165, 1.54) is 0 Å². The Morgan fingerprint density at radius 2 is 2.17 bits per heavy atom. The summed E-state index contributed by atoms with van der Waals surface area (Å²) in [5.41, 5.74) is 6.86. The molecule has 1 unspecified atom stereocenters. The van der Waals surface area contributed by atoms with Gasteiger partial charge in [-0.05, 0) is 19.8 Å². The van der Waals surface area contributed by atoms with Crippen LogP contribution in [0.5, 0.6) is 0 Å². The Kier molecular flexibility index (Phi) is 5.24. The van der Waals surface area contributed by atoms with Crippen LogP contribution in [0.4, 0.5) is 11.8 Å². The number of aryl methyl sites for hydroxylation is 1. The summed E-state index contributed by atoms with van der Waals surface area (Å²) in [7, 11) is 0. The maximum atomic E-state index is 5.92. The van der Waals surface area contributed by atoms with Crippen molar-refractivity contribution < 1.29 is 9.26 Å². The fourth-order valence-electron chi connectivity index (χ4n) is 2.81. The molecule has 3 rings (SSSR count). The standard InChI is InChI=1S/C16H24N6O2/c1-3-5-15-19-13(21-24-15)9-22(4-2)14-8-12(18-16(17)20-14)11-6-7-23-10-11/h8,11H,3-7,9-10H2,1-2H3,(H2,17,18,20). The van der Waals surface area contributed by atoms with Crippen LogP contribution in [0.15, 0.2) is 10.6 Å². The molecular formula is C16H24N6O2. The van der Waals surface area contributed by atoms with E-state index in [1.54, 1.807) is 0 Å². The Hall–Kier alpha value is -2.22. The van der Waals surface area contributed by atoms with Crippen molar-refractivity contribution in [3.8, 4) is 0 Å². The quantitative estimate of drug-likeness (QED) is 0.820. The second kappa shape index (κ2) is 7.57. The first-order valence-corrected chi connectivity index (χ1v) is 8.48. The molecule has 0 bridgehead atoms. The summed E-state index contributed by atoms with van der Waals surface area (Å²) in [5.74, 6) is 2.69. The van der Waals surface area contributed by atoms with Crippen molar-refractivity contribution in [1.29, 1.82) is 0 Å². The molecular weight excluding hydrogens is 308 g/mol. The number of rotatable bonds is 7. The third-order valence-electron chi connectivity index (χ3n) is 4.11. The number of ether oxygens (including phenoxy) is 1. The van der Waals surface area contributed by atoms with Crippen LogP contribution in [0.3, 0.4) is 0 Å². The van der Waals surface area contributed by atoms with Crippen LogP contribution in [0, 0.1) is 0 Å². The molecule has 8 nitrogen and oxygen atoms in total. The zero-order chi connectivity index (χ0) is 16.9. The van der Waals surface area contributed by atoms with Crippen LogP contribution in [0.25, 0.3) is 0 Å². The van der Waals surface area contributed by atoms with Crippen molar-refractivity contribution >= 4 is 11.8 Å². The molecule has 2 N–H and O–H groups in total. The summed E-state index contributed by atoms with van der Waals surface area (Å²) in [4.78, 5) is 15.2. The molecule has 0 amide bonds. The summed E-state index contributed by atoms with van der Waals surface area (Å²) in [6.07, 6.45) is 2.74. The zero-order valence-corrected chi connectivity index (χ0v) is 14.2. The first kappa shape index (κ1) is 16.6. The predicted molar refractivity (Wildman–Crippen MR) is 89.6 cm³/mol. The highest BCUT2D eigenvalue weighted by molar-refractivity contribution is 5.44. The Balaban J connectivity index is 1.78. The van der Waals surface area contributed by atoms with Gasteiger partial charge in [0.1, 0.15) is 5.82 Å².